The quantitative estimate of drug-likeness (QED) is 0.439. The fraction of sp³-hybridized carbons (Fsp3) is 0.100. The van der Waals surface area contributed by atoms with E-state index in [1.807, 2.05) is 0 Å². The number of nitrogens with two attached hydrogens (primary N) is 1. The summed E-state index contributed by atoms with van der Waals surface area (Å²) in [4.78, 5) is 8.61. The summed E-state index contributed by atoms with van der Waals surface area (Å²) in [6.07, 6.45) is -4.43. The molecule has 0 bridgehead atoms. The van der Waals surface area contributed by atoms with E-state index in [0.717, 1.165) is 24.3 Å². The zero-order valence-electron chi connectivity index (χ0n) is 15.4. The van der Waals surface area contributed by atoms with Crippen molar-refractivity contribution in [2.45, 2.75) is 13.1 Å². The number of imidazole rings is 1. The van der Waals surface area contributed by atoms with Crippen LogP contribution in [0.25, 0.3) is 16.9 Å². The average molecular weight is 419 g/mol. The summed E-state index contributed by atoms with van der Waals surface area (Å²) in [7, 11) is 0. The van der Waals surface area contributed by atoms with Crippen molar-refractivity contribution < 1.29 is 22.0 Å². The van der Waals surface area contributed by atoms with Gasteiger partial charge < -0.3 is 11.1 Å². The van der Waals surface area contributed by atoms with Gasteiger partial charge in [-0.2, -0.15) is 13.2 Å². The van der Waals surface area contributed by atoms with Crippen LogP contribution >= 0.6 is 0 Å². The van der Waals surface area contributed by atoms with Crippen LogP contribution < -0.4 is 11.1 Å². The normalized spacial score (nSPS) is 11.8. The molecule has 10 heteroatoms. The molecular weight excluding hydrogens is 405 g/mol. The molecular formula is C20H14F5N5. The minimum atomic E-state index is -4.43. The Balaban J connectivity index is 1.73. The number of alkyl halides is 3. The van der Waals surface area contributed by atoms with E-state index in [9.17, 15) is 22.0 Å². The maximum absolute atomic E-state index is 13.8. The second-order valence-electron chi connectivity index (χ2n) is 6.59. The van der Waals surface area contributed by atoms with Crippen molar-refractivity contribution >= 4 is 28.2 Å². The Kier molecular flexibility index (Phi) is 4.56. The van der Waals surface area contributed by atoms with E-state index >= 15 is 0 Å². The van der Waals surface area contributed by atoms with Gasteiger partial charge in [-0.05, 0) is 31.2 Å². The number of aromatic nitrogens is 3. The molecule has 2 aromatic carbocycles. The lowest BCUT2D eigenvalue weighted by atomic mass is 10.2. The first-order valence-corrected chi connectivity index (χ1v) is 8.68. The largest absolute Gasteiger partial charge is 0.416 e. The van der Waals surface area contributed by atoms with Crippen LogP contribution in [0.5, 0.6) is 0 Å². The van der Waals surface area contributed by atoms with Gasteiger partial charge in [0.25, 0.3) is 0 Å². The van der Waals surface area contributed by atoms with Crippen molar-refractivity contribution in [1.82, 2.24) is 14.5 Å². The van der Waals surface area contributed by atoms with Crippen molar-refractivity contribution in [2.75, 3.05) is 11.1 Å². The van der Waals surface area contributed by atoms with Crippen LogP contribution in [0.4, 0.5) is 39.1 Å². The molecule has 0 saturated heterocycles. The van der Waals surface area contributed by atoms with E-state index in [4.69, 9.17) is 5.73 Å². The van der Waals surface area contributed by atoms with E-state index in [1.54, 1.807) is 6.92 Å². The number of benzene rings is 2. The summed E-state index contributed by atoms with van der Waals surface area (Å²) in [5.74, 6) is -1.08. The fourth-order valence-corrected chi connectivity index (χ4v) is 3.09. The standard InChI is InChI=1S/C20H14F5N5/c1-10-27-16-8-14(21)15(22)9-17(16)30(10)19-7-12(26)6-18(29-19)28-13-4-2-11(3-5-13)20(23,24)25/h2-9H,1H3,(H3,26,28,29). The summed E-state index contributed by atoms with van der Waals surface area (Å²) in [6, 6.07) is 9.44. The summed E-state index contributed by atoms with van der Waals surface area (Å²) in [5.41, 5.74) is 6.39. The van der Waals surface area contributed by atoms with Gasteiger partial charge in [0.1, 0.15) is 17.5 Å². The number of pyridine rings is 1. The van der Waals surface area contributed by atoms with Gasteiger partial charge in [-0.25, -0.2) is 18.7 Å². The highest BCUT2D eigenvalue weighted by Gasteiger charge is 2.29. The van der Waals surface area contributed by atoms with Crippen LogP contribution in [-0.2, 0) is 6.18 Å². The molecule has 2 aromatic heterocycles. The van der Waals surface area contributed by atoms with Crippen molar-refractivity contribution in [2.24, 2.45) is 0 Å². The molecule has 0 aliphatic rings. The molecule has 0 saturated carbocycles. The van der Waals surface area contributed by atoms with Gasteiger partial charge in [-0.3, -0.25) is 4.57 Å². The maximum Gasteiger partial charge on any atom is 0.416 e. The summed E-state index contributed by atoms with van der Waals surface area (Å²) in [5, 5.41) is 2.89. The highest BCUT2D eigenvalue weighted by Crippen LogP contribution is 2.31. The second kappa shape index (κ2) is 6.97. The lowest BCUT2D eigenvalue weighted by Crippen LogP contribution is -2.06. The maximum atomic E-state index is 13.8. The van der Waals surface area contributed by atoms with E-state index in [2.05, 4.69) is 15.3 Å². The Bertz CT molecular complexity index is 1250. The van der Waals surface area contributed by atoms with Crippen molar-refractivity contribution in [3.63, 3.8) is 0 Å². The van der Waals surface area contributed by atoms with Gasteiger partial charge in [-0.1, -0.05) is 0 Å². The van der Waals surface area contributed by atoms with E-state index < -0.39 is 23.4 Å². The molecule has 0 fully saturated rings. The summed E-state index contributed by atoms with van der Waals surface area (Å²) >= 11 is 0. The lowest BCUT2D eigenvalue weighted by Gasteiger charge is -2.12. The third kappa shape index (κ3) is 3.63. The third-order valence-electron chi connectivity index (χ3n) is 4.41. The predicted octanol–water partition coefficient (Wildman–Crippen LogP) is 5.35. The zero-order chi connectivity index (χ0) is 21.6. The van der Waals surface area contributed by atoms with Crippen molar-refractivity contribution in [1.29, 1.82) is 0 Å². The first-order chi connectivity index (χ1) is 14.1. The molecule has 0 amide bonds. The number of aryl methyl sites for hydroxylation is 1. The monoisotopic (exact) mass is 419 g/mol. The minimum absolute atomic E-state index is 0.243. The highest BCUT2D eigenvalue weighted by atomic mass is 19.4. The number of anilines is 3. The molecule has 154 valence electrons. The number of fused-ring (bicyclic) bond motifs is 1. The van der Waals surface area contributed by atoms with Crippen LogP contribution in [0, 0.1) is 18.6 Å². The van der Waals surface area contributed by atoms with Crippen LogP contribution in [-0.4, -0.2) is 14.5 Å². The number of nitrogens with one attached hydrogen (secondary N) is 1. The molecule has 5 nitrogen and oxygen atoms in total. The Morgan fingerprint density at radius 2 is 1.60 bits per heavy atom. The molecule has 0 atom stereocenters. The van der Waals surface area contributed by atoms with Crippen molar-refractivity contribution in [3.8, 4) is 5.82 Å². The number of nitrogens with zero attached hydrogens (tertiary/aromatic N) is 3. The van der Waals surface area contributed by atoms with Gasteiger partial charge in [0.2, 0.25) is 0 Å². The molecule has 2 heterocycles. The average Bonchev–Trinajstić information content (AvgIpc) is 2.96. The summed E-state index contributed by atoms with van der Waals surface area (Å²) < 4.78 is 67.0. The van der Waals surface area contributed by atoms with Crippen LogP contribution in [0.15, 0.2) is 48.5 Å². The van der Waals surface area contributed by atoms with E-state index in [-0.39, 0.29) is 17.2 Å². The van der Waals surface area contributed by atoms with Gasteiger partial charge in [0.15, 0.2) is 11.6 Å². The van der Waals surface area contributed by atoms with Gasteiger partial charge in [0, 0.05) is 35.6 Å². The second-order valence-corrected chi connectivity index (χ2v) is 6.59. The Labute approximate surface area is 167 Å². The Hall–Kier alpha value is -3.69. The molecule has 0 unspecified atom stereocenters. The topological polar surface area (TPSA) is 68.8 Å². The first-order valence-electron chi connectivity index (χ1n) is 8.68. The lowest BCUT2D eigenvalue weighted by molar-refractivity contribution is -0.137. The highest BCUT2D eigenvalue weighted by molar-refractivity contribution is 5.78. The molecule has 0 radical (unpaired) electrons. The third-order valence-corrected chi connectivity index (χ3v) is 4.41. The SMILES string of the molecule is Cc1nc2cc(F)c(F)cc2n1-c1cc(N)cc(Nc2ccc(C(F)(F)F)cc2)n1. The molecule has 3 N–H and O–H groups in total. The fourth-order valence-electron chi connectivity index (χ4n) is 3.09. The number of halogens is 5. The van der Waals surface area contributed by atoms with Crippen LogP contribution in [0.2, 0.25) is 0 Å². The number of hydrogen-bond acceptors (Lipinski definition) is 4. The molecule has 4 rings (SSSR count). The Morgan fingerprint density at radius 3 is 2.27 bits per heavy atom. The van der Waals surface area contributed by atoms with E-state index in [0.29, 0.717) is 22.7 Å². The number of hydrogen-bond donors (Lipinski definition) is 2. The predicted molar refractivity (Wildman–Crippen MR) is 103 cm³/mol. The number of rotatable bonds is 3. The van der Waals surface area contributed by atoms with Gasteiger partial charge in [0.05, 0.1) is 16.6 Å². The van der Waals surface area contributed by atoms with Crippen LogP contribution in [0.1, 0.15) is 11.4 Å². The zero-order valence-corrected chi connectivity index (χ0v) is 15.4. The molecule has 30 heavy (non-hydrogen) atoms. The molecule has 0 aliphatic heterocycles. The molecule has 4 aromatic rings. The first kappa shape index (κ1) is 19.6. The smallest absolute Gasteiger partial charge is 0.399 e. The van der Waals surface area contributed by atoms with Gasteiger partial charge in [-0.15, -0.1) is 0 Å². The van der Waals surface area contributed by atoms with Gasteiger partial charge >= 0.3 is 6.18 Å². The Morgan fingerprint density at radius 1 is 0.933 bits per heavy atom. The van der Waals surface area contributed by atoms with Crippen molar-refractivity contribution in [3.05, 3.63) is 71.6 Å². The number of nitrogen functional groups attached to an aromatic ring is 1. The van der Waals surface area contributed by atoms with Crippen LogP contribution in [0.3, 0.4) is 0 Å². The molecule has 0 aliphatic carbocycles. The van der Waals surface area contributed by atoms with E-state index in [1.165, 1.54) is 28.8 Å². The minimum Gasteiger partial charge on any atom is -0.399 e. The summed E-state index contributed by atoms with van der Waals surface area (Å²) in [6.45, 7) is 1.64. The molecule has 0 spiro atoms.